The molecular weight excluding hydrogens is 248 g/mol. The second kappa shape index (κ2) is 5.71. The summed E-state index contributed by atoms with van der Waals surface area (Å²) in [5.74, 6) is -0.990. The highest BCUT2D eigenvalue weighted by Gasteiger charge is 2.29. The zero-order chi connectivity index (χ0) is 13.8. The van der Waals surface area contributed by atoms with Gasteiger partial charge in [-0.15, -0.1) is 0 Å². The molecule has 0 atom stereocenters. The fourth-order valence-electron chi connectivity index (χ4n) is 1.92. The number of hydrogen-bond donors (Lipinski definition) is 3. The van der Waals surface area contributed by atoms with Crippen molar-refractivity contribution in [1.82, 2.24) is 5.32 Å². The summed E-state index contributed by atoms with van der Waals surface area (Å²) in [4.78, 5) is 22.3. The molecule has 0 aliphatic heterocycles. The summed E-state index contributed by atoms with van der Waals surface area (Å²) >= 11 is 0. The third-order valence-corrected chi connectivity index (χ3v) is 3.15. The Bertz CT molecular complexity index is 466. The number of ether oxygens (including phenoxy) is 1. The average Bonchev–Trinajstić information content (AvgIpc) is 2.33. The van der Waals surface area contributed by atoms with E-state index in [1.54, 1.807) is 19.2 Å². The van der Waals surface area contributed by atoms with E-state index in [1.165, 1.54) is 12.1 Å². The highest BCUT2D eigenvalue weighted by atomic mass is 16.5. The minimum atomic E-state index is -0.990. The second-order valence-electron chi connectivity index (χ2n) is 4.51. The van der Waals surface area contributed by atoms with Gasteiger partial charge in [-0.25, -0.2) is 9.59 Å². The van der Waals surface area contributed by atoms with Gasteiger partial charge in [-0.1, -0.05) is 0 Å². The number of rotatable bonds is 4. The van der Waals surface area contributed by atoms with E-state index in [9.17, 15) is 9.59 Å². The van der Waals surface area contributed by atoms with Crippen LogP contribution in [0.5, 0.6) is 0 Å². The van der Waals surface area contributed by atoms with Crippen LogP contribution in [0.3, 0.4) is 0 Å². The van der Waals surface area contributed by atoms with Crippen molar-refractivity contribution in [2.24, 2.45) is 0 Å². The molecule has 1 fully saturated rings. The first-order valence-electron chi connectivity index (χ1n) is 6.02. The van der Waals surface area contributed by atoms with Crippen LogP contribution in [-0.4, -0.2) is 36.4 Å². The number of nitrogens with one attached hydrogen (secondary N) is 2. The zero-order valence-corrected chi connectivity index (χ0v) is 10.6. The van der Waals surface area contributed by atoms with Crippen molar-refractivity contribution in [3.8, 4) is 0 Å². The summed E-state index contributed by atoms with van der Waals surface area (Å²) in [5, 5.41) is 14.2. The maximum Gasteiger partial charge on any atom is 0.335 e. The molecule has 6 nitrogen and oxygen atoms in total. The molecule has 0 spiro atoms. The van der Waals surface area contributed by atoms with Crippen LogP contribution in [-0.2, 0) is 4.74 Å². The Morgan fingerprint density at radius 2 is 1.89 bits per heavy atom. The van der Waals surface area contributed by atoms with E-state index in [2.05, 4.69) is 10.6 Å². The number of urea groups is 1. The molecule has 3 N–H and O–H groups in total. The fourth-order valence-corrected chi connectivity index (χ4v) is 1.92. The monoisotopic (exact) mass is 264 g/mol. The van der Waals surface area contributed by atoms with E-state index in [4.69, 9.17) is 9.84 Å². The Kier molecular flexibility index (Phi) is 4.01. The average molecular weight is 264 g/mol. The first-order valence-corrected chi connectivity index (χ1v) is 6.02. The molecule has 6 heteroatoms. The van der Waals surface area contributed by atoms with Gasteiger partial charge in [-0.3, -0.25) is 0 Å². The number of carboxylic acid groups (broad SMARTS) is 1. The van der Waals surface area contributed by atoms with Crippen molar-refractivity contribution in [2.75, 3.05) is 12.4 Å². The molecule has 0 saturated heterocycles. The molecule has 2 rings (SSSR count). The lowest BCUT2D eigenvalue weighted by atomic mass is 9.89. The number of amides is 2. The first kappa shape index (κ1) is 13.4. The summed E-state index contributed by atoms with van der Waals surface area (Å²) in [7, 11) is 1.66. The Hall–Kier alpha value is -2.08. The molecule has 0 aromatic heterocycles. The minimum Gasteiger partial charge on any atom is -0.478 e. The van der Waals surface area contributed by atoms with Crippen LogP contribution in [0.4, 0.5) is 10.5 Å². The SMILES string of the molecule is COC1CC(NC(=O)Nc2ccc(C(=O)O)cc2)C1. The summed E-state index contributed by atoms with van der Waals surface area (Å²) in [5.41, 5.74) is 0.748. The number of hydrogen-bond acceptors (Lipinski definition) is 3. The molecule has 102 valence electrons. The third kappa shape index (κ3) is 3.45. The van der Waals surface area contributed by atoms with Crippen molar-refractivity contribution in [3.05, 3.63) is 29.8 Å². The van der Waals surface area contributed by atoms with Crippen LogP contribution in [0, 0.1) is 0 Å². The number of aromatic carboxylic acids is 1. The molecule has 1 saturated carbocycles. The normalized spacial score (nSPS) is 21.3. The predicted molar refractivity (Wildman–Crippen MR) is 69.4 cm³/mol. The number of carbonyl (C=O) groups excluding carboxylic acids is 1. The van der Waals surface area contributed by atoms with E-state index < -0.39 is 5.97 Å². The molecule has 0 bridgehead atoms. The van der Waals surface area contributed by atoms with Crippen LogP contribution in [0.25, 0.3) is 0 Å². The molecule has 1 aliphatic rings. The topological polar surface area (TPSA) is 87.7 Å². The summed E-state index contributed by atoms with van der Waals surface area (Å²) in [6.07, 6.45) is 1.88. The third-order valence-electron chi connectivity index (χ3n) is 3.15. The molecule has 1 aromatic carbocycles. The van der Waals surface area contributed by atoms with E-state index in [0.29, 0.717) is 5.69 Å². The summed E-state index contributed by atoms with van der Waals surface area (Å²) in [6.45, 7) is 0. The molecule has 1 aliphatic carbocycles. The van der Waals surface area contributed by atoms with Gasteiger partial charge in [0, 0.05) is 18.8 Å². The van der Waals surface area contributed by atoms with Gasteiger partial charge in [0.05, 0.1) is 11.7 Å². The number of anilines is 1. The van der Waals surface area contributed by atoms with Crippen LogP contribution in [0.2, 0.25) is 0 Å². The van der Waals surface area contributed by atoms with Crippen LogP contribution < -0.4 is 10.6 Å². The maximum atomic E-state index is 11.7. The summed E-state index contributed by atoms with van der Waals surface area (Å²) in [6, 6.07) is 5.86. The van der Waals surface area contributed by atoms with E-state index in [1.807, 2.05) is 0 Å². The number of methoxy groups -OCH3 is 1. The first-order chi connectivity index (χ1) is 9.08. The van der Waals surface area contributed by atoms with E-state index in [0.717, 1.165) is 12.8 Å². The highest BCUT2D eigenvalue weighted by molar-refractivity contribution is 5.91. The van der Waals surface area contributed by atoms with Gasteiger partial charge in [0.25, 0.3) is 0 Å². The number of carbonyl (C=O) groups is 2. The van der Waals surface area contributed by atoms with Gasteiger partial charge in [0.15, 0.2) is 0 Å². The van der Waals surface area contributed by atoms with Gasteiger partial charge in [-0.2, -0.15) is 0 Å². The lowest BCUT2D eigenvalue weighted by Gasteiger charge is -2.34. The van der Waals surface area contributed by atoms with Crippen molar-refractivity contribution in [3.63, 3.8) is 0 Å². The van der Waals surface area contributed by atoms with Crippen LogP contribution in [0.15, 0.2) is 24.3 Å². The van der Waals surface area contributed by atoms with E-state index >= 15 is 0 Å². The second-order valence-corrected chi connectivity index (χ2v) is 4.51. The van der Waals surface area contributed by atoms with Crippen molar-refractivity contribution in [2.45, 2.75) is 25.0 Å². The zero-order valence-electron chi connectivity index (χ0n) is 10.6. The molecule has 2 amide bonds. The lowest BCUT2D eigenvalue weighted by molar-refractivity contribution is 0.0210. The van der Waals surface area contributed by atoms with Gasteiger partial charge in [0.1, 0.15) is 0 Å². The van der Waals surface area contributed by atoms with Gasteiger partial charge in [-0.05, 0) is 37.1 Å². The molecular formula is C13H16N2O4. The quantitative estimate of drug-likeness (QED) is 0.772. The highest BCUT2D eigenvalue weighted by Crippen LogP contribution is 2.22. The molecule has 0 heterocycles. The Labute approximate surface area is 110 Å². The largest absolute Gasteiger partial charge is 0.478 e. The minimum absolute atomic E-state index is 0.142. The standard InChI is InChI=1S/C13H16N2O4/c1-19-11-6-10(7-11)15-13(18)14-9-4-2-8(3-5-9)12(16)17/h2-5,10-11H,6-7H2,1H3,(H,16,17)(H2,14,15,18). The van der Waals surface area contributed by atoms with Crippen molar-refractivity contribution in [1.29, 1.82) is 0 Å². The molecule has 19 heavy (non-hydrogen) atoms. The van der Waals surface area contributed by atoms with Crippen LogP contribution >= 0.6 is 0 Å². The molecule has 0 radical (unpaired) electrons. The lowest BCUT2D eigenvalue weighted by Crippen LogP contribution is -2.48. The van der Waals surface area contributed by atoms with Gasteiger partial charge in [0.2, 0.25) is 0 Å². The predicted octanol–water partition coefficient (Wildman–Crippen LogP) is 1.68. The van der Waals surface area contributed by atoms with Crippen LogP contribution in [0.1, 0.15) is 23.2 Å². The Morgan fingerprint density at radius 3 is 2.42 bits per heavy atom. The maximum absolute atomic E-state index is 11.7. The molecule has 1 aromatic rings. The van der Waals surface area contributed by atoms with Gasteiger partial charge < -0.3 is 20.5 Å². The Morgan fingerprint density at radius 1 is 1.26 bits per heavy atom. The number of carboxylic acids is 1. The number of benzene rings is 1. The summed E-state index contributed by atoms with van der Waals surface area (Å²) < 4.78 is 5.12. The fraction of sp³-hybridized carbons (Fsp3) is 0.385. The van der Waals surface area contributed by atoms with Gasteiger partial charge >= 0.3 is 12.0 Å². The Balaban J connectivity index is 1.80. The smallest absolute Gasteiger partial charge is 0.335 e. The molecule has 0 unspecified atom stereocenters. The van der Waals surface area contributed by atoms with Crippen molar-refractivity contribution >= 4 is 17.7 Å². The van der Waals surface area contributed by atoms with Crippen molar-refractivity contribution < 1.29 is 19.4 Å². The van der Waals surface area contributed by atoms with E-state index in [-0.39, 0.29) is 23.7 Å².